The van der Waals surface area contributed by atoms with Crippen LogP contribution in [0.15, 0.2) is 51.7 Å². The fourth-order valence-corrected chi connectivity index (χ4v) is 2.84. The van der Waals surface area contributed by atoms with Gasteiger partial charge in [-0.2, -0.15) is 0 Å². The molecule has 0 bridgehead atoms. The number of halogens is 1. The Hall–Kier alpha value is -2.46. The van der Waals surface area contributed by atoms with Crippen molar-refractivity contribution in [3.8, 4) is 5.75 Å². The van der Waals surface area contributed by atoms with Crippen molar-refractivity contribution in [3.05, 3.63) is 69.0 Å². The SMILES string of the molecule is CCOc1c(Cl)cccc1NCc1cc(=O)oc2cc(C)ccc12. The molecule has 3 aromatic rings. The van der Waals surface area contributed by atoms with Gasteiger partial charge in [-0.3, -0.25) is 0 Å². The van der Waals surface area contributed by atoms with Crippen LogP contribution < -0.4 is 15.7 Å². The van der Waals surface area contributed by atoms with E-state index in [2.05, 4.69) is 5.32 Å². The Morgan fingerprint density at radius 2 is 2.04 bits per heavy atom. The molecule has 0 atom stereocenters. The minimum atomic E-state index is -0.360. The molecule has 3 rings (SSSR count). The smallest absolute Gasteiger partial charge is 0.336 e. The van der Waals surface area contributed by atoms with Crippen LogP contribution >= 0.6 is 11.6 Å². The minimum absolute atomic E-state index is 0.360. The van der Waals surface area contributed by atoms with E-state index in [9.17, 15) is 4.79 Å². The lowest BCUT2D eigenvalue weighted by Gasteiger charge is -2.14. The molecule has 1 heterocycles. The van der Waals surface area contributed by atoms with Crippen molar-refractivity contribution < 1.29 is 9.15 Å². The summed E-state index contributed by atoms with van der Waals surface area (Å²) >= 11 is 6.20. The molecule has 4 nitrogen and oxygen atoms in total. The highest BCUT2D eigenvalue weighted by atomic mass is 35.5. The molecule has 0 aliphatic heterocycles. The van der Waals surface area contributed by atoms with Gasteiger partial charge in [0.05, 0.1) is 17.3 Å². The molecule has 5 heteroatoms. The zero-order chi connectivity index (χ0) is 17.1. The molecular weight excluding hydrogens is 326 g/mol. The molecule has 0 fully saturated rings. The summed E-state index contributed by atoms with van der Waals surface area (Å²) in [6, 6.07) is 12.9. The molecule has 124 valence electrons. The van der Waals surface area contributed by atoms with Gasteiger partial charge in [-0.15, -0.1) is 0 Å². The largest absolute Gasteiger partial charge is 0.490 e. The van der Waals surface area contributed by atoms with Gasteiger partial charge in [0.15, 0.2) is 5.75 Å². The van der Waals surface area contributed by atoms with Gasteiger partial charge in [-0.1, -0.05) is 29.8 Å². The molecule has 1 N–H and O–H groups in total. The number of ether oxygens (including phenoxy) is 1. The first-order valence-corrected chi connectivity index (χ1v) is 8.15. The number of rotatable bonds is 5. The lowest BCUT2D eigenvalue weighted by Crippen LogP contribution is -2.07. The van der Waals surface area contributed by atoms with Crippen molar-refractivity contribution >= 4 is 28.3 Å². The Kier molecular flexibility index (Phi) is 4.76. The lowest BCUT2D eigenvalue weighted by atomic mass is 10.1. The number of aryl methyl sites for hydroxylation is 1. The van der Waals surface area contributed by atoms with Crippen molar-refractivity contribution in [1.82, 2.24) is 0 Å². The fourth-order valence-electron chi connectivity index (χ4n) is 2.61. The topological polar surface area (TPSA) is 51.5 Å². The molecule has 0 saturated heterocycles. The Morgan fingerprint density at radius 1 is 1.21 bits per heavy atom. The lowest BCUT2D eigenvalue weighted by molar-refractivity contribution is 0.342. The maximum absolute atomic E-state index is 11.8. The number of hydrogen-bond acceptors (Lipinski definition) is 4. The summed E-state index contributed by atoms with van der Waals surface area (Å²) < 4.78 is 10.9. The minimum Gasteiger partial charge on any atom is -0.490 e. The van der Waals surface area contributed by atoms with E-state index in [1.165, 1.54) is 6.07 Å². The van der Waals surface area contributed by atoms with Crippen LogP contribution in [0.1, 0.15) is 18.1 Å². The number of benzene rings is 2. The van der Waals surface area contributed by atoms with Crippen molar-refractivity contribution in [2.24, 2.45) is 0 Å². The Labute approximate surface area is 145 Å². The van der Waals surface area contributed by atoms with E-state index in [1.807, 2.05) is 44.2 Å². The maximum atomic E-state index is 11.8. The summed E-state index contributed by atoms with van der Waals surface area (Å²) in [5, 5.41) is 4.76. The van der Waals surface area contributed by atoms with Gasteiger partial charge in [0.1, 0.15) is 5.58 Å². The van der Waals surface area contributed by atoms with Crippen molar-refractivity contribution in [1.29, 1.82) is 0 Å². The van der Waals surface area contributed by atoms with Gasteiger partial charge >= 0.3 is 5.63 Å². The van der Waals surface area contributed by atoms with Crippen LogP contribution in [0.3, 0.4) is 0 Å². The van der Waals surface area contributed by atoms with Gasteiger partial charge in [-0.25, -0.2) is 4.79 Å². The summed E-state index contributed by atoms with van der Waals surface area (Å²) in [5.41, 5.74) is 2.93. The second-order valence-electron chi connectivity index (χ2n) is 5.49. The summed E-state index contributed by atoms with van der Waals surface area (Å²) in [7, 11) is 0. The highest BCUT2D eigenvalue weighted by Gasteiger charge is 2.10. The first-order valence-electron chi connectivity index (χ1n) is 7.77. The molecular formula is C19H18ClNO3. The Balaban J connectivity index is 1.94. The van der Waals surface area contributed by atoms with Gasteiger partial charge in [0.2, 0.25) is 0 Å². The second-order valence-corrected chi connectivity index (χ2v) is 5.90. The molecule has 1 aromatic heterocycles. The average molecular weight is 344 g/mol. The summed E-state index contributed by atoms with van der Waals surface area (Å²) in [4.78, 5) is 11.8. The molecule has 2 aromatic carbocycles. The van der Waals surface area contributed by atoms with E-state index in [4.69, 9.17) is 20.8 Å². The van der Waals surface area contributed by atoms with Crippen LogP contribution in [0.2, 0.25) is 5.02 Å². The zero-order valence-corrected chi connectivity index (χ0v) is 14.3. The Morgan fingerprint density at radius 3 is 2.83 bits per heavy atom. The summed E-state index contributed by atoms with van der Waals surface area (Å²) in [6.07, 6.45) is 0. The van der Waals surface area contributed by atoms with E-state index in [1.54, 1.807) is 6.07 Å². The fraction of sp³-hybridized carbons (Fsp3) is 0.211. The van der Waals surface area contributed by atoms with Crippen LogP contribution in [0, 0.1) is 6.92 Å². The predicted octanol–water partition coefficient (Wildman–Crippen LogP) is 4.77. The number of nitrogens with one attached hydrogen (secondary N) is 1. The van der Waals surface area contributed by atoms with E-state index >= 15 is 0 Å². The first kappa shape index (κ1) is 16.4. The molecule has 0 spiro atoms. The second kappa shape index (κ2) is 6.97. The van der Waals surface area contributed by atoms with Crippen molar-refractivity contribution in [3.63, 3.8) is 0 Å². The van der Waals surface area contributed by atoms with Gasteiger partial charge < -0.3 is 14.5 Å². The zero-order valence-electron chi connectivity index (χ0n) is 13.6. The van der Waals surface area contributed by atoms with Crippen molar-refractivity contribution in [2.45, 2.75) is 20.4 Å². The van der Waals surface area contributed by atoms with E-state index < -0.39 is 0 Å². The van der Waals surface area contributed by atoms with E-state index in [0.717, 1.165) is 22.2 Å². The maximum Gasteiger partial charge on any atom is 0.336 e. The van der Waals surface area contributed by atoms with E-state index in [-0.39, 0.29) is 5.63 Å². The number of para-hydroxylation sites is 1. The molecule has 24 heavy (non-hydrogen) atoms. The number of anilines is 1. The van der Waals surface area contributed by atoms with Crippen LogP contribution in [0.4, 0.5) is 5.69 Å². The van der Waals surface area contributed by atoms with Gasteiger partial charge in [-0.05, 0) is 43.2 Å². The molecule has 0 unspecified atom stereocenters. The highest BCUT2D eigenvalue weighted by molar-refractivity contribution is 6.32. The van der Waals surface area contributed by atoms with Gasteiger partial charge in [0, 0.05) is 18.0 Å². The normalized spacial score (nSPS) is 10.8. The van der Waals surface area contributed by atoms with Crippen molar-refractivity contribution in [2.75, 3.05) is 11.9 Å². The van der Waals surface area contributed by atoms with E-state index in [0.29, 0.717) is 29.5 Å². The summed E-state index contributed by atoms with van der Waals surface area (Å²) in [5.74, 6) is 0.616. The molecule has 0 saturated carbocycles. The van der Waals surface area contributed by atoms with Crippen LogP contribution in [-0.2, 0) is 6.54 Å². The summed E-state index contributed by atoms with van der Waals surface area (Å²) in [6.45, 7) is 4.86. The van der Waals surface area contributed by atoms with Crippen LogP contribution in [-0.4, -0.2) is 6.61 Å². The Bertz CT molecular complexity index is 934. The van der Waals surface area contributed by atoms with Crippen LogP contribution in [0.25, 0.3) is 11.0 Å². The predicted molar refractivity (Wildman–Crippen MR) is 97.2 cm³/mol. The number of hydrogen-bond donors (Lipinski definition) is 1. The quantitative estimate of drug-likeness (QED) is 0.678. The van der Waals surface area contributed by atoms with Gasteiger partial charge in [0.25, 0.3) is 0 Å². The first-order chi connectivity index (χ1) is 11.6. The molecule has 0 radical (unpaired) electrons. The third kappa shape index (κ3) is 3.39. The standard InChI is InChI=1S/C19H18ClNO3/c1-3-23-19-15(20)5-4-6-16(19)21-11-13-10-18(22)24-17-9-12(2)7-8-14(13)17/h4-10,21H,3,11H2,1-2H3. The highest BCUT2D eigenvalue weighted by Crippen LogP contribution is 2.33. The third-order valence-electron chi connectivity index (χ3n) is 3.71. The number of fused-ring (bicyclic) bond motifs is 1. The monoisotopic (exact) mass is 343 g/mol. The molecule has 0 aliphatic rings. The average Bonchev–Trinajstić information content (AvgIpc) is 2.54. The third-order valence-corrected chi connectivity index (χ3v) is 4.01. The molecule has 0 amide bonds. The van der Waals surface area contributed by atoms with Crippen LogP contribution in [0.5, 0.6) is 5.75 Å². The molecule has 0 aliphatic carbocycles.